The van der Waals surface area contributed by atoms with Crippen molar-refractivity contribution in [2.75, 3.05) is 0 Å². The summed E-state index contributed by atoms with van der Waals surface area (Å²) in [6.07, 6.45) is 2.18. The highest BCUT2D eigenvalue weighted by Crippen LogP contribution is 2.24. The van der Waals surface area contributed by atoms with E-state index in [0.717, 1.165) is 35.3 Å². The van der Waals surface area contributed by atoms with Gasteiger partial charge in [-0.3, -0.25) is 4.79 Å². The first-order chi connectivity index (χ1) is 10.7. The molecular formula is C17H14ClN3O. The second-order valence-electron chi connectivity index (χ2n) is 5.57. The average Bonchev–Trinajstić information content (AvgIpc) is 3.23. The third-order valence-electron chi connectivity index (χ3n) is 3.78. The van der Waals surface area contributed by atoms with E-state index in [4.69, 9.17) is 11.6 Å². The molecular weight excluding hydrogens is 298 g/mol. The summed E-state index contributed by atoms with van der Waals surface area (Å²) < 4.78 is 0. The minimum absolute atomic E-state index is 0.00885. The van der Waals surface area contributed by atoms with Gasteiger partial charge in [0.15, 0.2) is 0 Å². The van der Waals surface area contributed by atoms with Crippen LogP contribution in [0.2, 0.25) is 5.02 Å². The number of hydrogen-bond acceptors (Lipinski definition) is 2. The maximum atomic E-state index is 12.0. The molecule has 22 heavy (non-hydrogen) atoms. The van der Waals surface area contributed by atoms with Crippen LogP contribution in [-0.2, 0) is 0 Å². The standard InChI is InChI=1S/C17H14ClN3O/c18-12-5-8-14-15(9-12)21-16(20-14)10-1-3-11(4-2-10)17(22)19-13-6-7-13/h1-5,8-9,13H,6-7H2,(H,19,22)(H,20,21). The number of carbonyl (C=O) groups excluding carboxylic acids is 1. The third-order valence-corrected chi connectivity index (χ3v) is 4.01. The topological polar surface area (TPSA) is 57.8 Å². The summed E-state index contributed by atoms with van der Waals surface area (Å²) in [5.41, 5.74) is 3.39. The van der Waals surface area contributed by atoms with Crippen molar-refractivity contribution in [3.05, 3.63) is 53.1 Å². The number of benzene rings is 2. The van der Waals surface area contributed by atoms with Gasteiger partial charge >= 0.3 is 0 Å². The predicted octanol–water partition coefficient (Wildman–Crippen LogP) is 3.78. The minimum atomic E-state index is -0.00885. The van der Waals surface area contributed by atoms with Crippen LogP contribution in [0.1, 0.15) is 23.2 Å². The van der Waals surface area contributed by atoms with Crippen LogP contribution in [0.3, 0.4) is 0 Å². The van der Waals surface area contributed by atoms with Gasteiger partial charge in [0.1, 0.15) is 5.82 Å². The summed E-state index contributed by atoms with van der Waals surface area (Å²) in [6.45, 7) is 0. The lowest BCUT2D eigenvalue weighted by molar-refractivity contribution is 0.0951. The van der Waals surface area contributed by atoms with Crippen LogP contribution in [-0.4, -0.2) is 21.9 Å². The van der Waals surface area contributed by atoms with Crippen LogP contribution < -0.4 is 5.32 Å². The SMILES string of the molecule is O=C(NC1CC1)c1ccc(-c2nc3ccc(Cl)cc3[nH]2)cc1. The number of rotatable bonds is 3. The van der Waals surface area contributed by atoms with Crippen LogP contribution in [0.15, 0.2) is 42.5 Å². The Morgan fingerprint density at radius 2 is 1.95 bits per heavy atom. The first-order valence-electron chi connectivity index (χ1n) is 7.25. The number of aromatic amines is 1. The van der Waals surface area contributed by atoms with Crippen molar-refractivity contribution in [3.63, 3.8) is 0 Å². The van der Waals surface area contributed by atoms with Gasteiger partial charge in [0, 0.05) is 22.2 Å². The number of fused-ring (bicyclic) bond motifs is 1. The predicted molar refractivity (Wildman–Crippen MR) is 87.0 cm³/mol. The van der Waals surface area contributed by atoms with E-state index in [9.17, 15) is 4.79 Å². The van der Waals surface area contributed by atoms with E-state index in [2.05, 4.69) is 15.3 Å². The maximum Gasteiger partial charge on any atom is 0.251 e. The van der Waals surface area contributed by atoms with Gasteiger partial charge in [-0.25, -0.2) is 4.98 Å². The van der Waals surface area contributed by atoms with Gasteiger partial charge in [-0.15, -0.1) is 0 Å². The van der Waals surface area contributed by atoms with E-state index >= 15 is 0 Å². The molecule has 1 aliphatic carbocycles. The number of hydrogen-bond donors (Lipinski definition) is 2. The zero-order valence-electron chi connectivity index (χ0n) is 11.8. The van der Waals surface area contributed by atoms with Crippen molar-refractivity contribution in [1.82, 2.24) is 15.3 Å². The third kappa shape index (κ3) is 2.57. The molecule has 0 unspecified atom stereocenters. The highest BCUT2D eigenvalue weighted by Gasteiger charge is 2.23. The Bertz CT molecular complexity index is 850. The van der Waals surface area contributed by atoms with Crippen LogP contribution in [0.4, 0.5) is 0 Å². The molecule has 0 radical (unpaired) electrons. The fourth-order valence-corrected chi connectivity index (χ4v) is 2.57. The molecule has 0 aliphatic heterocycles. The molecule has 1 amide bonds. The largest absolute Gasteiger partial charge is 0.349 e. The Kier molecular flexibility index (Phi) is 3.12. The Morgan fingerprint density at radius 3 is 2.68 bits per heavy atom. The monoisotopic (exact) mass is 311 g/mol. The van der Waals surface area contributed by atoms with E-state index in [1.165, 1.54) is 0 Å². The summed E-state index contributed by atoms with van der Waals surface area (Å²) in [4.78, 5) is 19.8. The second kappa shape index (κ2) is 5.14. The van der Waals surface area contributed by atoms with Gasteiger partial charge in [-0.1, -0.05) is 23.7 Å². The zero-order chi connectivity index (χ0) is 15.1. The summed E-state index contributed by atoms with van der Waals surface area (Å²) in [5, 5.41) is 3.66. The molecule has 3 aromatic rings. The molecule has 5 heteroatoms. The van der Waals surface area contributed by atoms with Gasteiger partial charge in [0.05, 0.1) is 11.0 Å². The van der Waals surface area contributed by atoms with Crippen LogP contribution in [0, 0.1) is 0 Å². The molecule has 1 aromatic heterocycles. The van der Waals surface area contributed by atoms with E-state index in [-0.39, 0.29) is 5.91 Å². The quantitative estimate of drug-likeness (QED) is 0.773. The molecule has 1 aliphatic rings. The Balaban J connectivity index is 1.62. The van der Waals surface area contributed by atoms with Crippen molar-refractivity contribution < 1.29 is 4.79 Å². The van der Waals surface area contributed by atoms with Crippen LogP contribution >= 0.6 is 11.6 Å². The first-order valence-corrected chi connectivity index (χ1v) is 7.63. The van der Waals surface area contributed by atoms with Crippen molar-refractivity contribution in [2.45, 2.75) is 18.9 Å². The van der Waals surface area contributed by atoms with Crippen LogP contribution in [0.5, 0.6) is 0 Å². The molecule has 0 atom stereocenters. The first kappa shape index (κ1) is 13.3. The van der Waals surface area contributed by atoms with E-state index < -0.39 is 0 Å². The van der Waals surface area contributed by atoms with E-state index in [1.807, 2.05) is 42.5 Å². The van der Waals surface area contributed by atoms with Gasteiger partial charge in [-0.2, -0.15) is 0 Å². The van der Waals surface area contributed by atoms with Crippen molar-refractivity contribution in [1.29, 1.82) is 0 Å². The summed E-state index contributed by atoms with van der Waals surface area (Å²) in [7, 11) is 0. The van der Waals surface area contributed by atoms with Crippen molar-refractivity contribution >= 4 is 28.5 Å². The Labute approximate surface area is 132 Å². The van der Waals surface area contributed by atoms with Crippen molar-refractivity contribution in [2.24, 2.45) is 0 Å². The molecule has 1 heterocycles. The lowest BCUT2D eigenvalue weighted by Gasteiger charge is -2.03. The maximum absolute atomic E-state index is 12.0. The fraction of sp³-hybridized carbons (Fsp3) is 0.176. The molecule has 0 saturated heterocycles. The molecule has 4 nitrogen and oxygen atoms in total. The van der Waals surface area contributed by atoms with Gasteiger partial charge in [0.25, 0.3) is 5.91 Å². The van der Waals surface area contributed by atoms with Gasteiger partial charge in [-0.05, 0) is 43.2 Å². The molecule has 2 N–H and O–H groups in total. The lowest BCUT2D eigenvalue weighted by Crippen LogP contribution is -2.25. The molecule has 4 rings (SSSR count). The Hall–Kier alpha value is -2.33. The highest BCUT2D eigenvalue weighted by molar-refractivity contribution is 6.31. The van der Waals surface area contributed by atoms with Gasteiger partial charge in [0.2, 0.25) is 0 Å². The lowest BCUT2D eigenvalue weighted by atomic mass is 10.1. The second-order valence-corrected chi connectivity index (χ2v) is 6.01. The van der Waals surface area contributed by atoms with Gasteiger partial charge < -0.3 is 10.3 Å². The number of aromatic nitrogens is 2. The minimum Gasteiger partial charge on any atom is -0.349 e. The number of amides is 1. The molecule has 2 aromatic carbocycles. The number of H-pyrrole nitrogens is 1. The number of halogens is 1. The summed E-state index contributed by atoms with van der Waals surface area (Å²) in [6, 6.07) is 13.4. The smallest absolute Gasteiger partial charge is 0.251 e. The molecule has 0 spiro atoms. The normalized spacial score (nSPS) is 14.2. The highest BCUT2D eigenvalue weighted by atomic mass is 35.5. The average molecular weight is 312 g/mol. The Morgan fingerprint density at radius 1 is 1.18 bits per heavy atom. The van der Waals surface area contributed by atoms with E-state index in [1.54, 1.807) is 0 Å². The summed E-state index contributed by atoms with van der Waals surface area (Å²) >= 11 is 5.98. The number of carbonyl (C=O) groups is 1. The molecule has 1 saturated carbocycles. The number of nitrogens with one attached hydrogen (secondary N) is 2. The zero-order valence-corrected chi connectivity index (χ0v) is 12.5. The molecule has 1 fully saturated rings. The fourth-order valence-electron chi connectivity index (χ4n) is 2.39. The van der Waals surface area contributed by atoms with Crippen molar-refractivity contribution in [3.8, 4) is 11.4 Å². The van der Waals surface area contributed by atoms with Crippen LogP contribution in [0.25, 0.3) is 22.4 Å². The van der Waals surface area contributed by atoms with E-state index in [0.29, 0.717) is 16.6 Å². The molecule has 0 bridgehead atoms. The molecule has 110 valence electrons. The number of imidazole rings is 1. The number of nitrogens with zero attached hydrogens (tertiary/aromatic N) is 1. The summed E-state index contributed by atoms with van der Waals surface area (Å²) in [5.74, 6) is 0.761.